The smallest absolute Gasteiger partial charge is 0.383 e. The van der Waals surface area contributed by atoms with E-state index in [1.54, 1.807) is 7.11 Å². The molecule has 1 N–H and O–H groups in total. The van der Waals surface area contributed by atoms with Gasteiger partial charge in [0.25, 0.3) is 0 Å². The monoisotopic (exact) mass is 242 g/mol. The minimum atomic E-state index is -0.574. The van der Waals surface area contributed by atoms with E-state index in [4.69, 9.17) is 4.74 Å². The minimum absolute atomic E-state index is 0.139. The number of ether oxygens (including phenoxy) is 1. The molecule has 1 aromatic heterocycles. The van der Waals surface area contributed by atoms with Crippen LogP contribution in [0.5, 0.6) is 0 Å². The molecule has 0 saturated heterocycles. The maximum absolute atomic E-state index is 11.3. The summed E-state index contributed by atoms with van der Waals surface area (Å²) in [5.41, 5.74) is 0. The Kier molecular flexibility index (Phi) is 5.08. The van der Waals surface area contributed by atoms with Crippen molar-refractivity contribution in [3.8, 4) is 0 Å². The Hall–Kier alpha value is -1.96. The number of methoxy groups -OCH3 is 1. The van der Waals surface area contributed by atoms with Crippen LogP contribution in [0.4, 0.5) is 5.82 Å². The standard InChI is InChI=1S/C9H14N4O4/c1-17-7-4-10-9(14)3-6-12-5-2-8(11-12)13(15)16/h2,5H,3-4,6-7H2,1H3,(H,10,14). The van der Waals surface area contributed by atoms with Gasteiger partial charge in [-0.05, 0) is 4.92 Å². The highest BCUT2D eigenvalue weighted by molar-refractivity contribution is 5.75. The normalized spacial score (nSPS) is 10.2. The molecule has 1 amide bonds. The molecule has 0 aliphatic heterocycles. The Morgan fingerprint density at radius 3 is 3.06 bits per heavy atom. The van der Waals surface area contributed by atoms with Crippen LogP contribution in [-0.2, 0) is 16.1 Å². The molecule has 0 unspecified atom stereocenters. The summed E-state index contributed by atoms with van der Waals surface area (Å²) in [7, 11) is 1.55. The van der Waals surface area contributed by atoms with Gasteiger partial charge in [0.2, 0.25) is 5.91 Å². The highest BCUT2D eigenvalue weighted by Crippen LogP contribution is 2.05. The SMILES string of the molecule is COCCNC(=O)CCn1ccc([N+](=O)[O-])n1. The van der Waals surface area contributed by atoms with E-state index in [0.717, 1.165) is 0 Å². The van der Waals surface area contributed by atoms with Crippen molar-refractivity contribution in [2.24, 2.45) is 0 Å². The van der Waals surface area contributed by atoms with Crippen molar-refractivity contribution in [1.82, 2.24) is 15.1 Å². The van der Waals surface area contributed by atoms with Gasteiger partial charge < -0.3 is 20.2 Å². The zero-order chi connectivity index (χ0) is 12.7. The maximum Gasteiger partial charge on any atom is 0.389 e. The molecule has 94 valence electrons. The number of carbonyl (C=O) groups is 1. The topological polar surface area (TPSA) is 99.3 Å². The molecule has 1 aromatic rings. The zero-order valence-electron chi connectivity index (χ0n) is 9.46. The average Bonchev–Trinajstić information content (AvgIpc) is 2.75. The van der Waals surface area contributed by atoms with E-state index in [9.17, 15) is 14.9 Å². The summed E-state index contributed by atoms with van der Waals surface area (Å²) in [5, 5.41) is 16.7. The van der Waals surface area contributed by atoms with E-state index in [1.165, 1.54) is 16.9 Å². The lowest BCUT2D eigenvalue weighted by atomic mass is 10.4. The average molecular weight is 242 g/mol. The Labute approximate surface area is 97.7 Å². The van der Waals surface area contributed by atoms with Crippen LogP contribution in [0.25, 0.3) is 0 Å². The fraction of sp³-hybridized carbons (Fsp3) is 0.556. The highest BCUT2D eigenvalue weighted by atomic mass is 16.6. The lowest BCUT2D eigenvalue weighted by Crippen LogP contribution is -2.27. The number of nitrogens with one attached hydrogen (secondary N) is 1. The summed E-state index contributed by atoms with van der Waals surface area (Å²) in [6.07, 6.45) is 1.70. The predicted molar refractivity (Wildman–Crippen MR) is 58.4 cm³/mol. The summed E-state index contributed by atoms with van der Waals surface area (Å²) in [6.45, 7) is 1.22. The number of aromatic nitrogens is 2. The molecule has 0 aromatic carbocycles. The van der Waals surface area contributed by atoms with Crippen LogP contribution in [0.15, 0.2) is 12.3 Å². The van der Waals surface area contributed by atoms with Crippen LogP contribution in [0, 0.1) is 10.1 Å². The van der Waals surface area contributed by atoms with Crippen LogP contribution >= 0.6 is 0 Å². The van der Waals surface area contributed by atoms with E-state index >= 15 is 0 Å². The largest absolute Gasteiger partial charge is 0.389 e. The lowest BCUT2D eigenvalue weighted by molar-refractivity contribution is -0.389. The van der Waals surface area contributed by atoms with Crippen molar-refractivity contribution in [1.29, 1.82) is 0 Å². The summed E-state index contributed by atoms with van der Waals surface area (Å²) in [6, 6.07) is 1.29. The molecule has 0 aliphatic rings. The van der Waals surface area contributed by atoms with Gasteiger partial charge in [0.1, 0.15) is 0 Å². The van der Waals surface area contributed by atoms with Crippen molar-refractivity contribution in [2.75, 3.05) is 20.3 Å². The molecule has 0 fully saturated rings. The second-order valence-electron chi connectivity index (χ2n) is 3.29. The number of carbonyl (C=O) groups excluding carboxylic acids is 1. The van der Waals surface area contributed by atoms with Gasteiger partial charge in [0.05, 0.1) is 30.5 Å². The van der Waals surface area contributed by atoms with Crippen molar-refractivity contribution in [3.63, 3.8) is 0 Å². The third-order valence-corrected chi connectivity index (χ3v) is 2.01. The molecule has 17 heavy (non-hydrogen) atoms. The van der Waals surface area contributed by atoms with Gasteiger partial charge in [-0.15, -0.1) is 0 Å². The molecular weight excluding hydrogens is 228 g/mol. The number of hydrogen-bond acceptors (Lipinski definition) is 5. The molecule has 0 bridgehead atoms. The van der Waals surface area contributed by atoms with Crippen molar-refractivity contribution in [2.45, 2.75) is 13.0 Å². The molecule has 0 aliphatic carbocycles. The van der Waals surface area contributed by atoms with Crippen LogP contribution in [0.3, 0.4) is 0 Å². The Balaban J connectivity index is 2.29. The van der Waals surface area contributed by atoms with Crippen molar-refractivity contribution >= 4 is 11.7 Å². The molecule has 0 atom stereocenters. The number of aryl methyl sites for hydroxylation is 1. The fourth-order valence-corrected chi connectivity index (χ4v) is 1.17. The molecule has 8 heteroatoms. The minimum Gasteiger partial charge on any atom is -0.383 e. The predicted octanol–water partition coefficient (Wildman–Crippen LogP) is -0.0560. The Morgan fingerprint density at radius 1 is 1.71 bits per heavy atom. The van der Waals surface area contributed by atoms with E-state index < -0.39 is 4.92 Å². The summed E-state index contributed by atoms with van der Waals surface area (Å²) in [5.74, 6) is -0.356. The quantitative estimate of drug-likeness (QED) is 0.410. The van der Waals surface area contributed by atoms with Crippen LogP contribution in [-0.4, -0.2) is 40.9 Å². The number of nitro groups is 1. The van der Waals surface area contributed by atoms with E-state index in [2.05, 4.69) is 10.4 Å². The Morgan fingerprint density at radius 2 is 2.47 bits per heavy atom. The van der Waals surface area contributed by atoms with E-state index in [-0.39, 0.29) is 18.1 Å². The third-order valence-electron chi connectivity index (χ3n) is 2.01. The van der Waals surface area contributed by atoms with Crippen LogP contribution < -0.4 is 5.32 Å². The summed E-state index contributed by atoms with van der Waals surface area (Å²) >= 11 is 0. The summed E-state index contributed by atoms with van der Waals surface area (Å²) in [4.78, 5) is 21.1. The Bertz CT molecular complexity index is 390. The first-order valence-corrected chi connectivity index (χ1v) is 5.07. The van der Waals surface area contributed by atoms with Crippen LogP contribution in [0.1, 0.15) is 6.42 Å². The van der Waals surface area contributed by atoms with Crippen molar-refractivity contribution < 1.29 is 14.5 Å². The van der Waals surface area contributed by atoms with Crippen LogP contribution in [0.2, 0.25) is 0 Å². The van der Waals surface area contributed by atoms with Gasteiger partial charge in [-0.2, -0.15) is 4.68 Å². The van der Waals surface area contributed by atoms with Gasteiger partial charge >= 0.3 is 5.82 Å². The van der Waals surface area contributed by atoms with Gasteiger partial charge in [0.15, 0.2) is 0 Å². The van der Waals surface area contributed by atoms with E-state index in [0.29, 0.717) is 19.7 Å². The number of hydrogen-bond donors (Lipinski definition) is 1. The number of amides is 1. The van der Waals surface area contributed by atoms with Gasteiger partial charge in [0, 0.05) is 20.1 Å². The van der Waals surface area contributed by atoms with Crippen molar-refractivity contribution in [3.05, 3.63) is 22.4 Å². The number of nitrogens with zero attached hydrogens (tertiary/aromatic N) is 3. The second-order valence-corrected chi connectivity index (χ2v) is 3.29. The second kappa shape index (κ2) is 6.59. The zero-order valence-corrected chi connectivity index (χ0v) is 9.46. The van der Waals surface area contributed by atoms with E-state index in [1.807, 2.05) is 0 Å². The molecule has 0 radical (unpaired) electrons. The van der Waals surface area contributed by atoms with Gasteiger partial charge in [-0.3, -0.25) is 4.79 Å². The fourth-order valence-electron chi connectivity index (χ4n) is 1.17. The molecule has 1 heterocycles. The first-order valence-electron chi connectivity index (χ1n) is 5.07. The lowest BCUT2D eigenvalue weighted by Gasteiger charge is -2.02. The molecule has 1 rings (SSSR count). The first kappa shape index (κ1) is 13.1. The number of rotatable bonds is 7. The molecular formula is C9H14N4O4. The first-order chi connectivity index (χ1) is 8.13. The molecule has 8 nitrogen and oxygen atoms in total. The molecule has 0 spiro atoms. The highest BCUT2D eigenvalue weighted by Gasteiger charge is 2.11. The van der Waals surface area contributed by atoms with Gasteiger partial charge in [-0.1, -0.05) is 0 Å². The summed E-state index contributed by atoms with van der Waals surface area (Å²) < 4.78 is 6.15. The molecule has 0 saturated carbocycles. The maximum atomic E-state index is 11.3. The van der Waals surface area contributed by atoms with Gasteiger partial charge in [-0.25, -0.2) is 0 Å². The third kappa shape index (κ3) is 4.60.